The van der Waals surface area contributed by atoms with Crippen molar-refractivity contribution in [3.8, 4) is 0 Å². The van der Waals surface area contributed by atoms with Gasteiger partial charge in [0.25, 0.3) is 0 Å². The number of aromatic nitrogens is 2. The summed E-state index contributed by atoms with van der Waals surface area (Å²) in [7, 11) is 1.88. The summed E-state index contributed by atoms with van der Waals surface area (Å²) in [5, 5.41) is 4.46. The van der Waals surface area contributed by atoms with Crippen molar-refractivity contribution in [1.82, 2.24) is 19.8 Å². The summed E-state index contributed by atoms with van der Waals surface area (Å²) in [6.07, 6.45) is 9.42. The number of aliphatic imine (C=N–C) groups is 1. The fourth-order valence-electron chi connectivity index (χ4n) is 4.21. The molecule has 1 saturated carbocycles. The van der Waals surface area contributed by atoms with Crippen molar-refractivity contribution >= 4 is 17.6 Å². The Hall–Kier alpha value is -2.01. The molecule has 6 heteroatoms. The summed E-state index contributed by atoms with van der Waals surface area (Å²) < 4.78 is 2.23. The first-order chi connectivity index (χ1) is 13.1. The van der Waals surface area contributed by atoms with E-state index in [-0.39, 0.29) is 5.41 Å². The minimum Gasteiger partial charge on any atom is -0.355 e. The van der Waals surface area contributed by atoms with E-state index in [1.54, 1.807) is 0 Å². The Kier molecular flexibility index (Phi) is 5.13. The van der Waals surface area contributed by atoms with Crippen LogP contribution in [0.4, 0.5) is 0 Å². The fraction of sp³-hybridized carbons (Fsp3) is 0.524. The first-order valence-corrected chi connectivity index (χ1v) is 10.2. The molecule has 0 spiro atoms. The second-order valence-corrected chi connectivity index (χ2v) is 8.42. The smallest absolute Gasteiger partial charge is 0.193 e. The van der Waals surface area contributed by atoms with Crippen molar-refractivity contribution in [2.75, 3.05) is 26.7 Å². The van der Waals surface area contributed by atoms with Crippen LogP contribution in [0.2, 0.25) is 5.02 Å². The number of likely N-dealkylation sites (tertiary alicyclic amines) is 1. The lowest BCUT2D eigenvalue weighted by Gasteiger charge is -2.39. The second-order valence-electron chi connectivity index (χ2n) is 7.98. The van der Waals surface area contributed by atoms with Gasteiger partial charge in [-0.3, -0.25) is 4.99 Å². The van der Waals surface area contributed by atoms with E-state index >= 15 is 0 Å². The maximum absolute atomic E-state index is 6.21. The lowest BCUT2D eigenvalue weighted by Crippen LogP contribution is -2.50. The lowest BCUT2D eigenvalue weighted by atomic mass is 9.93. The van der Waals surface area contributed by atoms with Crippen molar-refractivity contribution in [2.24, 2.45) is 10.9 Å². The summed E-state index contributed by atoms with van der Waals surface area (Å²) in [4.78, 5) is 11.2. The molecule has 2 fully saturated rings. The molecule has 1 N–H and O–H groups in total. The van der Waals surface area contributed by atoms with E-state index in [1.165, 1.54) is 18.4 Å². The predicted molar refractivity (Wildman–Crippen MR) is 110 cm³/mol. The van der Waals surface area contributed by atoms with E-state index in [2.05, 4.69) is 50.0 Å². The molecule has 0 bridgehead atoms. The van der Waals surface area contributed by atoms with E-state index in [9.17, 15) is 0 Å². The number of rotatable bonds is 4. The number of nitrogens with one attached hydrogen (secondary N) is 1. The van der Waals surface area contributed by atoms with Gasteiger partial charge in [-0.05, 0) is 42.9 Å². The molecule has 1 aromatic carbocycles. The van der Waals surface area contributed by atoms with Crippen LogP contribution in [-0.2, 0) is 5.41 Å². The van der Waals surface area contributed by atoms with E-state index in [4.69, 9.17) is 11.6 Å². The van der Waals surface area contributed by atoms with Gasteiger partial charge in [-0.2, -0.15) is 0 Å². The highest BCUT2D eigenvalue weighted by Gasteiger charge is 2.44. The van der Waals surface area contributed by atoms with Crippen LogP contribution >= 0.6 is 11.6 Å². The zero-order valence-corrected chi connectivity index (χ0v) is 16.9. The first-order valence-electron chi connectivity index (χ1n) is 9.80. The number of hydrogen-bond donors (Lipinski definition) is 1. The number of benzene rings is 1. The molecule has 1 aromatic heterocycles. The number of imidazole rings is 1. The molecule has 27 heavy (non-hydrogen) atoms. The van der Waals surface area contributed by atoms with Crippen LogP contribution in [0.1, 0.15) is 37.8 Å². The fourth-order valence-corrected chi connectivity index (χ4v) is 4.40. The van der Waals surface area contributed by atoms with Crippen molar-refractivity contribution in [1.29, 1.82) is 0 Å². The van der Waals surface area contributed by atoms with E-state index < -0.39 is 0 Å². The summed E-state index contributed by atoms with van der Waals surface area (Å²) in [5.41, 5.74) is 1.54. The van der Waals surface area contributed by atoms with Gasteiger partial charge in [0.05, 0.1) is 12.4 Å². The molecule has 2 aromatic rings. The van der Waals surface area contributed by atoms with Crippen molar-refractivity contribution in [3.05, 3.63) is 53.6 Å². The van der Waals surface area contributed by atoms with Crippen LogP contribution < -0.4 is 5.32 Å². The Balaban J connectivity index is 1.42. The largest absolute Gasteiger partial charge is 0.355 e. The third kappa shape index (κ3) is 3.84. The zero-order valence-electron chi connectivity index (χ0n) is 16.1. The molecule has 4 rings (SSSR count). The van der Waals surface area contributed by atoms with Gasteiger partial charge in [-0.25, -0.2) is 4.98 Å². The van der Waals surface area contributed by atoms with Gasteiger partial charge in [-0.15, -0.1) is 0 Å². The Bertz CT molecular complexity index is 797. The SMILES string of the molecule is CN=C(NCC1(c2cccc(Cl)c2)CC1)N1CCC(C)C(n2ccnc2)C1. The molecule has 2 aliphatic rings. The Labute approximate surface area is 166 Å². The van der Waals surface area contributed by atoms with E-state index in [0.29, 0.717) is 12.0 Å². The molecular weight excluding hydrogens is 358 g/mol. The van der Waals surface area contributed by atoms with Crippen molar-refractivity contribution in [3.63, 3.8) is 0 Å². The van der Waals surface area contributed by atoms with Gasteiger partial charge < -0.3 is 14.8 Å². The quantitative estimate of drug-likeness (QED) is 0.644. The maximum atomic E-state index is 6.21. The number of halogens is 1. The van der Waals surface area contributed by atoms with Gasteiger partial charge in [0, 0.05) is 49.5 Å². The summed E-state index contributed by atoms with van der Waals surface area (Å²) in [6, 6.07) is 8.73. The van der Waals surface area contributed by atoms with Crippen LogP contribution in [0.5, 0.6) is 0 Å². The van der Waals surface area contributed by atoms with Crippen LogP contribution in [0.15, 0.2) is 48.0 Å². The monoisotopic (exact) mass is 385 g/mol. The molecule has 144 valence electrons. The minimum absolute atomic E-state index is 0.202. The van der Waals surface area contributed by atoms with Gasteiger partial charge in [0.1, 0.15) is 0 Å². The molecule has 0 radical (unpaired) electrons. The summed E-state index contributed by atoms with van der Waals surface area (Å²) >= 11 is 6.21. The lowest BCUT2D eigenvalue weighted by molar-refractivity contribution is 0.189. The van der Waals surface area contributed by atoms with Crippen LogP contribution in [0.3, 0.4) is 0 Å². The average molecular weight is 386 g/mol. The summed E-state index contributed by atoms with van der Waals surface area (Å²) in [6.45, 7) is 5.23. The van der Waals surface area contributed by atoms with Crippen LogP contribution in [-0.4, -0.2) is 47.1 Å². The highest BCUT2D eigenvalue weighted by molar-refractivity contribution is 6.30. The van der Waals surface area contributed by atoms with Gasteiger partial charge in [-0.1, -0.05) is 30.7 Å². The normalized spacial score (nSPS) is 24.7. The number of guanidine groups is 1. The first kappa shape index (κ1) is 18.4. The highest BCUT2D eigenvalue weighted by atomic mass is 35.5. The molecule has 2 atom stereocenters. The second kappa shape index (κ2) is 7.55. The van der Waals surface area contributed by atoms with Crippen molar-refractivity contribution in [2.45, 2.75) is 37.6 Å². The Morgan fingerprint density at radius 1 is 1.41 bits per heavy atom. The minimum atomic E-state index is 0.202. The maximum Gasteiger partial charge on any atom is 0.193 e. The van der Waals surface area contributed by atoms with Crippen molar-refractivity contribution < 1.29 is 0 Å². The third-order valence-electron chi connectivity index (χ3n) is 6.21. The van der Waals surface area contributed by atoms with Crippen LogP contribution in [0.25, 0.3) is 0 Å². The molecule has 2 unspecified atom stereocenters. The molecule has 1 aliphatic heterocycles. The van der Waals surface area contributed by atoms with E-state index in [0.717, 1.165) is 37.0 Å². The average Bonchev–Trinajstić information content (AvgIpc) is 3.27. The molecule has 2 heterocycles. The molecule has 5 nitrogen and oxygen atoms in total. The van der Waals surface area contributed by atoms with E-state index in [1.807, 2.05) is 31.7 Å². The standard InChI is InChI=1S/C21H28ClN5/c1-16-6-10-26(13-19(16)27-11-9-24-15-27)20(23-2)25-14-21(7-8-21)17-4-3-5-18(22)12-17/h3-5,9,11-12,15-16,19H,6-8,10,13-14H2,1-2H3,(H,23,25). The predicted octanol–water partition coefficient (Wildman–Crippen LogP) is 3.73. The molecular formula is C21H28ClN5. The number of hydrogen-bond acceptors (Lipinski definition) is 2. The number of nitrogens with zero attached hydrogens (tertiary/aromatic N) is 4. The molecule has 1 saturated heterocycles. The number of piperidine rings is 1. The van der Waals surface area contributed by atoms with Crippen LogP contribution in [0, 0.1) is 5.92 Å². The zero-order chi connectivity index (χ0) is 18.9. The van der Waals surface area contributed by atoms with Gasteiger partial charge in [0.15, 0.2) is 5.96 Å². The molecule has 0 amide bonds. The Morgan fingerprint density at radius 3 is 2.93 bits per heavy atom. The third-order valence-corrected chi connectivity index (χ3v) is 6.45. The Morgan fingerprint density at radius 2 is 2.26 bits per heavy atom. The molecule has 1 aliphatic carbocycles. The highest BCUT2D eigenvalue weighted by Crippen LogP contribution is 2.48. The summed E-state index contributed by atoms with van der Waals surface area (Å²) in [5.74, 6) is 1.63. The van der Waals surface area contributed by atoms with Gasteiger partial charge >= 0.3 is 0 Å². The topological polar surface area (TPSA) is 45.5 Å². The van der Waals surface area contributed by atoms with Gasteiger partial charge in [0.2, 0.25) is 0 Å².